The maximum Gasteiger partial charge on any atom is 0.171 e. The number of aromatic nitrogens is 3. The van der Waals surface area contributed by atoms with Gasteiger partial charge in [0.25, 0.3) is 0 Å². The minimum Gasteiger partial charge on any atom is -0.486 e. The van der Waals surface area contributed by atoms with Crippen LogP contribution in [-0.4, -0.2) is 26.8 Å². The van der Waals surface area contributed by atoms with Gasteiger partial charge in [0.2, 0.25) is 0 Å². The van der Waals surface area contributed by atoms with E-state index in [4.69, 9.17) is 4.74 Å². The lowest BCUT2D eigenvalue weighted by Gasteiger charge is -2.13. The van der Waals surface area contributed by atoms with Crippen molar-refractivity contribution < 1.29 is 4.74 Å². The van der Waals surface area contributed by atoms with Crippen LogP contribution in [0.5, 0.6) is 5.75 Å². The molecule has 1 saturated heterocycles. The van der Waals surface area contributed by atoms with E-state index in [1.54, 1.807) is 0 Å². The number of ether oxygens (including phenoxy) is 1. The van der Waals surface area contributed by atoms with E-state index in [2.05, 4.69) is 39.1 Å². The molecule has 2 aliphatic rings. The highest BCUT2D eigenvalue weighted by Crippen LogP contribution is 2.23. The summed E-state index contributed by atoms with van der Waals surface area (Å²) >= 11 is 0. The Morgan fingerprint density at radius 3 is 2.86 bits per heavy atom. The fraction of sp³-hybridized carbons (Fsp3) is 0.500. The van der Waals surface area contributed by atoms with Gasteiger partial charge in [0.05, 0.1) is 0 Å². The Morgan fingerprint density at radius 1 is 1.19 bits per heavy atom. The van der Waals surface area contributed by atoms with Crippen LogP contribution in [0.2, 0.25) is 0 Å². The molecule has 3 heterocycles. The number of rotatable bonds is 3. The summed E-state index contributed by atoms with van der Waals surface area (Å²) in [5, 5.41) is 12.3. The maximum atomic E-state index is 5.85. The van der Waals surface area contributed by atoms with Crippen LogP contribution >= 0.6 is 0 Å². The first-order valence-corrected chi connectivity index (χ1v) is 7.64. The second-order valence-corrected chi connectivity index (χ2v) is 6.09. The zero-order valence-electron chi connectivity index (χ0n) is 12.2. The summed E-state index contributed by atoms with van der Waals surface area (Å²) < 4.78 is 8.09. The molecule has 2 aromatic rings. The summed E-state index contributed by atoms with van der Waals surface area (Å²) in [6, 6.07) is 9.25. The molecule has 1 aromatic heterocycles. The summed E-state index contributed by atoms with van der Waals surface area (Å²) in [7, 11) is 0. The van der Waals surface area contributed by atoms with Gasteiger partial charge in [0.1, 0.15) is 18.2 Å². The summed E-state index contributed by atoms with van der Waals surface area (Å²) in [4.78, 5) is 0. The second kappa shape index (κ2) is 5.15. The predicted octanol–water partition coefficient (Wildman–Crippen LogP) is 1.84. The van der Waals surface area contributed by atoms with Gasteiger partial charge in [-0.25, -0.2) is 0 Å². The second-order valence-electron chi connectivity index (χ2n) is 6.09. The Kier molecular flexibility index (Phi) is 3.15. The van der Waals surface area contributed by atoms with Crippen molar-refractivity contribution in [3.05, 3.63) is 41.5 Å². The molecule has 0 spiro atoms. The standard InChI is InChI=1S/C16H20N4O/c1-11-2-6-14(7-3-11)21-10-16-19-18-15-8-12-4-5-13(17-12)9-20(15)16/h2-3,6-7,12-13,17H,4-5,8-10H2,1H3. The van der Waals surface area contributed by atoms with Crippen molar-refractivity contribution in [2.45, 2.75) is 51.4 Å². The van der Waals surface area contributed by atoms with E-state index in [1.165, 1.54) is 18.4 Å². The summed E-state index contributed by atoms with van der Waals surface area (Å²) in [6.45, 7) is 3.52. The molecule has 2 bridgehead atoms. The monoisotopic (exact) mass is 284 g/mol. The summed E-state index contributed by atoms with van der Waals surface area (Å²) in [6.07, 6.45) is 3.49. The lowest BCUT2D eigenvalue weighted by molar-refractivity contribution is 0.286. The van der Waals surface area contributed by atoms with Crippen molar-refractivity contribution >= 4 is 0 Å². The molecule has 0 amide bonds. The van der Waals surface area contributed by atoms with Crippen LogP contribution in [0.15, 0.2) is 24.3 Å². The number of hydrogen-bond acceptors (Lipinski definition) is 4. The average molecular weight is 284 g/mol. The van der Waals surface area contributed by atoms with Gasteiger partial charge in [0.15, 0.2) is 5.82 Å². The lowest BCUT2D eigenvalue weighted by Crippen LogP contribution is -2.30. The Hall–Kier alpha value is -1.88. The highest BCUT2D eigenvalue weighted by molar-refractivity contribution is 5.26. The van der Waals surface area contributed by atoms with Gasteiger partial charge < -0.3 is 14.6 Å². The zero-order valence-corrected chi connectivity index (χ0v) is 12.2. The fourth-order valence-corrected chi connectivity index (χ4v) is 3.27. The zero-order chi connectivity index (χ0) is 14.2. The molecule has 2 unspecified atom stereocenters. The topological polar surface area (TPSA) is 52.0 Å². The first kappa shape index (κ1) is 12.8. The van der Waals surface area contributed by atoms with Crippen LogP contribution in [0.1, 0.15) is 30.1 Å². The summed E-state index contributed by atoms with van der Waals surface area (Å²) in [5.41, 5.74) is 1.24. The summed E-state index contributed by atoms with van der Waals surface area (Å²) in [5.74, 6) is 2.91. The average Bonchev–Trinajstić information content (AvgIpc) is 3.02. The maximum absolute atomic E-state index is 5.85. The Balaban J connectivity index is 1.50. The van der Waals surface area contributed by atoms with E-state index in [0.717, 1.165) is 30.4 Å². The molecule has 21 heavy (non-hydrogen) atoms. The van der Waals surface area contributed by atoms with Crippen LogP contribution in [0.25, 0.3) is 0 Å². The first-order valence-electron chi connectivity index (χ1n) is 7.64. The third kappa shape index (κ3) is 2.53. The molecule has 0 saturated carbocycles. The van der Waals surface area contributed by atoms with Crippen LogP contribution in [0.3, 0.4) is 0 Å². The minimum atomic E-state index is 0.480. The molecular formula is C16H20N4O. The highest BCUT2D eigenvalue weighted by atomic mass is 16.5. The molecule has 1 aromatic carbocycles. The Morgan fingerprint density at radius 2 is 2.00 bits per heavy atom. The fourth-order valence-electron chi connectivity index (χ4n) is 3.27. The van der Waals surface area contributed by atoms with Crippen molar-refractivity contribution in [1.29, 1.82) is 0 Å². The van der Waals surface area contributed by atoms with Crippen molar-refractivity contribution in [3.8, 4) is 5.75 Å². The first-order chi connectivity index (χ1) is 10.3. The number of aryl methyl sites for hydroxylation is 1. The highest BCUT2D eigenvalue weighted by Gasteiger charge is 2.31. The van der Waals surface area contributed by atoms with E-state index < -0.39 is 0 Å². The van der Waals surface area contributed by atoms with E-state index in [-0.39, 0.29) is 0 Å². The Bertz CT molecular complexity index is 634. The normalized spacial score (nSPS) is 23.7. The molecular weight excluding hydrogens is 264 g/mol. The van der Waals surface area contributed by atoms with Crippen molar-refractivity contribution in [3.63, 3.8) is 0 Å². The molecule has 2 atom stereocenters. The van der Waals surface area contributed by atoms with E-state index >= 15 is 0 Å². The molecule has 5 nitrogen and oxygen atoms in total. The van der Waals surface area contributed by atoms with Gasteiger partial charge in [-0.1, -0.05) is 17.7 Å². The van der Waals surface area contributed by atoms with Crippen molar-refractivity contribution in [2.75, 3.05) is 0 Å². The molecule has 0 radical (unpaired) electrons. The minimum absolute atomic E-state index is 0.480. The Labute approximate surface area is 124 Å². The number of nitrogens with one attached hydrogen (secondary N) is 1. The SMILES string of the molecule is Cc1ccc(OCc2nnc3n2CC2CCC(C3)N2)cc1. The number of hydrogen-bond donors (Lipinski definition) is 1. The van der Waals surface area contributed by atoms with Gasteiger partial charge >= 0.3 is 0 Å². The molecule has 5 heteroatoms. The van der Waals surface area contributed by atoms with E-state index in [1.807, 2.05) is 12.1 Å². The molecule has 110 valence electrons. The molecule has 4 rings (SSSR count). The number of fused-ring (bicyclic) bond motifs is 3. The molecule has 1 fully saturated rings. The molecule has 0 aliphatic carbocycles. The van der Waals surface area contributed by atoms with Crippen LogP contribution in [0.4, 0.5) is 0 Å². The van der Waals surface area contributed by atoms with Crippen LogP contribution < -0.4 is 10.1 Å². The van der Waals surface area contributed by atoms with Gasteiger partial charge in [-0.2, -0.15) is 0 Å². The third-order valence-corrected chi connectivity index (χ3v) is 4.46. The van der Waals surface area contributed by atoms with Crippen molar-refractivity contribution in [2.24, 2.45) is 0 Å². The third-order valence-electron chi connectivity index (χ3n) is 4.46. The largest absolute Gasteiger partial charge is 0.486 e. The number of benzene rings is 1. The van der Waals surface area contributed by atoms with Gasteiger partial charge in [-0.05, 0) is 31.9 Å². The van der Waals surface area contributed by atoms with Gasteiger partial charge in [-0.3, -0.25) is 0 Å². The quantitative estimate of drug-likeness (QED) is 0.934. The van der Waals surface area contributed by atoms with Gasteiger partial charge in [-0.15, -0.1) is 10.2 Å². The predicted molar refractivity (Wildman–Crippen MR) is 79.2 cm³/mol. The smallest absolute Gasteiger partial charge is 0.171 e. The van der Waals surface area contributed by atoms with E-state index in [9.17, 15) is 0 Å². The van der Waals surface area contributed by atoms with Crippen LogP contribution in [0, 0.1) is 6.92 Å². The lowest BCUT2D eigenvalue weighted by atomic mass is 10.1. The van der Waals surface area contributed by atoms with Crippen LogP contribution in [-0.2, 0) is 19.6 Å². The van der Waals surface area contributed by atoms with Crippen molar-refractivity contribution in [1.82, 2.24) is 20.1 Å². The van der Waals surface area contributed by atoms with Gasteiger partial charge in [0, 0.05) is 25.0 Å². The van der Waals surface area contributed by atoms with E-state index in [0.29, 0.717) is 18.7 Å². The molecule has 1 N–H and O–H groups in total. The number of nitrogens with zero attached hydrogens (tertiary/aromatic N) is 3. The molecule has 2 aliphatic heterocycles.